The zero-order valence-electron chi connectivity index (χ0n) is 17.1. The molecular weight excluding hydrogens is 368 g/mol. The number of aromatic nitrogens is 2. The van der Waals surface area contributed by atoms with Gasteiger partial charge in [0.15, 0.2) is 5.78 Å². The fourth-order valence-corrected chi connectivity index (χ4v) is 3.06. The number of hydrogen-bond acceptors (Lipinski definition) is 5. The van der Waals surface area contributed by atoms with Crippen LogP contribution in [0.5, 0.6) is 5.75 Å². The number of ketones is 1. The minimum atomic E-state index is -0.444. The van der Waals surface area contributed by atoms with Crippen LogP contribution in [0, 0.1) is 13.8 Å². The smallest absolute Gasteiger partial charge is 0.338 e. The van der Waals surface area contributed by atoms with E-state index in [-0.39, 0.29) is 12.4 Å². The minimum absolute atomic E-state index is 0.0223. The van der Waals surface area contributed by atoms with E-state index in [4.69, 9.17) is 9.47 Å². The third-order valence-corrected chi connectivity index (χ3v) is 4.48. The zero-order valence-corrected chi connectivity index (χ0v) is 17.1. The first-order valence-electron chi connectivity index (χ1n) is 9.46. The van der Waals surface area contributed by atoms with Gasteiger partial charge in [0.2, 0.25) is 0 Å². The van der Waals surface area contributed by atoms with Crippen molar-refractivity contribution < 1.29 is 19.1 Å². The summed E-state index contributed by atoms with van der Waals surface area (Å²) in [7, 11) is 0. The van der Waals surface area contributed by atoms with E-state index in [1.807, 2.05) is 43.7 Å². The Morgan fingerprint density at radius 3 is 2.28 bits per heavy atom. The van der Waals surface area contributed by atoms with Crippen LogP contribution in [-0.2, 0) is 11.3 Å². The zero-order chi connectivity index (χ0) is 21.0. The lowest BCUT2D eigenvalue weighted by Gasteiger charge is -2.12. The number of ether oxygens (including phenoxy) is 2. The minimum Gasteiger partial charge on any atom is -0.493 e. The van der Waals surface area contributed by atoms with Crippen molar-refractivity contribution in [1.82, 2.24) is 9.78 Å². The maximum absolute atomic E-state index is 12.5. The molecule has 2 aromatic carbocycles. The van der Waals surface area contributed by atoms with Crippen molar-refractivity contribution in [3.8, 4) is 11.4 Å². The Bertz CT molecular complexity index is 1040. The van der Waals surface area contributed by atoms with Gasteiger partial charge in [-0.2, -0.15) is 5.10 Å². The molecule has 0 spiro atoms. The number of esters is 1. The number of rotatable bonds is 7. The maximum Gasteiger partial charge on any atom is 0.338 e. The molecule has 0 atom stereocenters. The van der Waals surface area contributed by atoms with Crippen LogP contribution in [0.25, 0.3) is 5.69 Å². The quantitative estimate of drug-likeness (QED) is 0.439. The van der Waals surface area contributed by atoms with Crippen molar-refractivity contribution in [2.24, 2.45) is 0 Å². The van der Waals surface area contributed by atoms with Crippen LogP contribution in [-0.4, -0.2) is 28.1 Å². The first-order valence-corrected chi connectivity index (χ1v) is 9.46. The Balaban J connectivity index is 1.73. The highest BCUT2D eigenvalue weighted by Crippen LogP contribution is 2.22. The molecule has 1 heterocycles. The van der Waals surface area contributed by atoms with Gasteiger partial charge in [-0.05, 0) is 76.2 Å². The largest absolute Gasteiger partial charge is 0.493 e. The van der Waals surface area contributed by atoms with Crippen LogP contribution in [0.3, 0.4) is 0 Å². The lowest BCUT2D eigenvalue weighted by Crippen LogP contribution is -2.08. The predicted octanol–water partition coefficient (Wildman–Crippen LogP) is 4.45. The number of hydrogen-bond donors (Lipinski definition) is 0. The number of aryl methyl sites for hydroxylation is 2. The fraction of sp³-hybridized carbons (Fsp3) is 0.261. The number of nitrogens with zero attached hydrogens (tertiary/aromatic N) is 2. The summed E-state index contributed by atoms with van der Waals surface area (Å²) in [5.41, 5.74) is 4.48. The van der Waals surface area contributed by atoms with Crippen LogP contribution < -0.4 is 4.74 Å². The second-order valence-electron chi connectivity index (χ2n) is 6.77. The molecule has 0 saturated carbocycles. The van der Waals surface area contributed by atoms with Gasteiger partial charge < -0.3 is 9.47 Å². The second-order valence-corrected chi connectivity index (χ2v) is 6.77. The predicted molar refractivity (Wildman–Crippen MR) is 110 cm³/mol. The Kier molecular flexibility index (Phi) is 6.12. The number of benzene rings is 2. The second kappa shape index (κ2) is 8.73. The Hall–Kier alpha value is -3.41. The van der Waals surface area contributed by atoms with Gasteiger partial charge in [0, 0.05) is 16.8 Å². The van der Waals surface area contributed by atoms with Crippen molar-refractivity contribution >= 4 is 11.8 Å². The van der Waals surface area contributed by atoms with Gasteiger partial charge >= 0.3 is 5.97 Å². The summed E-state index contributed by atoms with van der Waals surface area (Å²) in [5.74, 6) is 0.103. The van der Waals surface area contributed by atoms with Gasteiger partial charge in [-0.25, -0.2) is 9.48 Å². The highest BCUT2D eigenvalue weighted by molar-refractivity contribution is 5.94. The monoisotopic (exact) mass is 392 g/mol. The molecule has 0 aliphatic carbocycles. The molecule has 150 valence electrons. The third-order valence-electron chi connectivity index (χ3n) is 4.48. The summed E-state index contributed by atoms with van der Waals surface area (Å²) in [6.07, 6.45) is 0. The molecule has 0 unspecified atom stereocenters. The van der Waals surface area contributed by atoms with Gasteiger partial charge in [0.1, 0.15) is 12.4 Å². The van der Waals surface area contributed by atoms with Gasteiger partial charge in [-0.3, -0.25) is 4.79 Å². The molecule has 0 N–H and O–H groups in total. The molecule has 0 saturated heterocycles. The highest BCUT2D eigenvalue weighted by Gasteiger charge is 2.13. The Labute approximate surface area is 170 Å². The molecule has 3 aromatic rings. The van der Waals surface area contributed by atoms with E-state index in [0.717, 1.165) is 17.1 Å². The summed E-state index contributed by atoms with van der Waals surface area (Å²) >= 11 is 0. The number of Topliss-reactive ketones (excluding diaryl/α,β-unsaturated/α-hetero) is 1. The van der Waals surface area contributed by atoms with Crippen LogP contribution in [0.15, 0.2) is 48.5 Å². The number of carbonyl (C=O) groups excluding carboxylic acids is 2. The molecule has 6 nitrogen and oxygen atoms in total. The van der Waals surface area contributed by atoms with Gasteiger partial charge in [-0.15, -0.1) is 0 Å². The summed E-state index contributed by atoms with van der Waals surface area (Å²) in [4.78, 5) is 24.1. The molecule has 1 aromatic heterocycles. The lowest BCUT2D eigenvalue weighted by atomic mass is 10.1. The Morgan fingerprint density at radius 1 is 1.00 bits per heavy atom. The van der Waals surface area contributed by atoms with E-state index in [1.165, 1.54) is 6.92 Å². The van der Waals surface area contributed by atoms with E-state index < -0.39 is 5.97 Å². The SMILES string of the molecule is CCOc1ccc(C(C)=O)cc1COC(=O)c1ccc(-n2nc(C)cc2C)cc1. The van der Waals surface area contributed by atoms with Crippen LogP contribution in [0.1, 0.15) is 51.5 Å². The molecule has 0 radical (unpaired) electrons. The summed E-state index contributed by atoms with van der Waals surface area (Å²) in [6.45, 7) is 7.79. The molecule has 6 heteroatoms. The van der Waals surface area contributed by atoms with Gasteiger partial charge in [-0.1, -0.05) is 0 Å². The first kappa shape index (κ1) is 20.3. The molecule has 0 aliphatic heterocycles. The van der Waals surface area contributed by atoms with E-state index in [1.54, 1.807) is 30.3 Å². The first-order chi connectivity index (χ1) is 13.9. The van der Waals surface area contributed by atoms with Gasteiger partial charge in [0.05, 0.1) is 23.6 Å². The van der Waals surface area contributed by atoms with Crippen molar-refractivity contribution in [1.29, 1.82) is 0 Å². The molecule has 0 fully saturated rings. The van der Waals surface area contributed by atoms with Crippen LogP contribution >= 0.6 is 0 Å². The van der Waals surface area contributed by atoms with Crippen molar-refractivity contribution in [2.75, 3.05) is 6.61 Å². The normalized spacial score (nSPS) is 10.6. The maximum atomic E-state index is 12.5. The fourth-order valence-electron chi connectivity index (χ4n) is 3.06. The standard InChI is InChI=1S/C23H24N2O4/c1-5-28-22-11-8-19(17(4)26)13-20(22)14-29-23(27)18-6-9-21(10-7-18)25-16(3)12-15(2)24-25/h6-13H,5,14H2,1-4H3. The van der Waals surface area contributed by atoms with E-state index in [9.17, 15) is 9.59 Å². The van der Waals surface area contributed by atoms with Crippen LogP contribution in [0.4, 0.5) is 0 Å². The van der Waals surface area contributed by atoms with E-state index in [2.05, 4.69) is 5.10 Å². The molecule has 3 rings (SSSR count). The van der Waals surface area contributed by atoms with Crippen molar-refractivity contribution in [3.05, 3.63) is 76.6 Å². The third kappa shape index (κ3) is 4.71. The molecular formula is C23H24N2O4. The summed E-state index contributed by atoms with van der Waals surface area (Å²) in [5, 5.41) is 4.44. The average Bonchev–Trinajstić information content (AvgIpc) is 3.05. The number of carbonyl (C=O) groups is 2. The average molecular weight is 392 g/mol. The summed E-state index contributed by atoms with van der Waals surface area (Å²) in [6, 6.07) is 14.2. The molecule has 29 heavy (non-hydrogen) atoms. The molecule has 0 bridgehead atoms. The van der Waals surface area contributed by atoms with Crippen LogP contribution in [0.2, 0.25) is 0 Å². The van der Waals surface area contributed by atoms with Gasteiger partial charge in [0.25, 0.3) is 0 Å². The highest BCUT2D eigenvalue weighted by atomic mass is 16.5. The lowest BCUT2D eigenvalue weighted by molar-refractivity contribution is 0.0469. The molecule has 0 amide bonds. The summed E-state index contributed by atoms with van der Waals surface area (Å²) < 4.78 is 12.9. The van der Waals surface area contributed by atoms with E-state index >= 15 is 0 Å². The Morgan fingerprint density at radius 2 is 1.69 bits per heavy atom. The van der Waals surface area contributed by atoms with Crippen molar-refractivity contribution in [3.63, 3.8) is 0 Å². The van der Waals surface area contributed by atoms with E-state index in [0.29, 0.717) is 29.0 Å². The topological polar surface area (TPSA) is 70.4 Å². The van der Waals surface area contributed by atoms with Crippen molar-refractivity contribution in [2.45, 2.75) is 34.3 Å². The molecule has 0 aliphatic rings.